The molecule has 0 amide bonds. The summed E-state index contributed by atoms with van der Waals surface area (Å²) in [5.74, 6) is 0.342. The Bertz CT molecular complexity index is 644. The van der Waals surface area contributed by atoms with Gasteiger partial charge in [-0.2, -0.15) is 5.26 Å². The van der Waals surface area contributed by atoms with Gasteiger partial charge in [-0.25, -0.2) is 4.39 Å². The molecule has 2 aromatic carbocycles. The summed E-state index contributed by atoms with van der Waals surface area (Å²) in [6.45, 7) is 1.91. The second-order valence-corrected chi connectivity index (χ2v) is 4.33. The highest BCUT2D eigenvalue weighted by Crippen LogP contribution is 2.30. The number of methoxy groups -OCH3 is 1. The zero-order valence-electron chi connectivity index (χ0n) is 10.9. The lowest BCUT2D eigenvalue weighted by molar-refractivity contribution is 0.414. The van der Waals surface area contributed by atoms with Crippen LogP contribution in [0.4, 0.5) is 4.39 Å². The average molecular weight is 255 g/mol. The van der Waals surface area contributed by atoms with E-state index in [9.17, 15) is 4.39 Å². The van der Waals surface area contributed by atoms with E-state index in [0.29, 0.717) is 17.7 Å². The molecule has 2 nitrogen and oxygen atoms in total. The highest BCUT2D eigenvalue weighted by Gasteiger charge is 2.09. The van der Waals surface area contributed by atoms with Crippen LogP contribution in [0.15, 0.2) is 36.4 Å². The molecule has 0 bridgehead atoms. The largest absolute Gasteiger partial charge is 0.497 e. The number of rotatable bonds is 3. The molecule has 0 heterocycles. The monoisotopic (exact) mass is 255 g/mol. The second kappa shape index (κ2) is 5.53. The van der Waals surface area contributed by atoms with E-state index >= 15 is 0 Å². The molecule has 96 valence electrons. The molecule has 2 rings (SSSR count). The summed E-state index contributed by atoms with van der Waals surface area (Å²) in [5.41, 5.74) is 3.21. The van der Waals surface area contributed by atoms with Crippen molar-refractivity contribution >= 4 is 0 Å². The van der Waals surface area contributed by atoms with Crippen LogP contribution in [0.25, 0.3) is 11.1 Å². The van der Waals surface area contributed by atoms with E-state index in [1.807, 2.05) is 25.1 Å². The smallest absolute Gasteiger partial charge is 0.131 e. The quantitative estimate of drug-likeness (QED) is 0.834. The molecule has 0 aliphatic carbocycles. The normalized spacial score (nSPS) is 10.0. The molecule has 0 aliphatic rings. The fraction of sp³-hybridized carbons (Fsp3) is 0.188. The molecule has 19 heavy (non-hydrogen) atoms. The summed E-state index contributed by atoms with van der Waals surface area (Å²) >= 11 is 0. The summed E-state index contributed by atoms with van der Waals surface area (Å²) in [6.07, 6.45) is 0.363. The van der Waals surface area contributed by atoms with Crippen LogP contribution in [0.5, 0.6) is 5.75 Å². The molecule has 0 fully saturated rings. The summed E-state index contributed by atoms with van der Waals surface area (Å²) in [7, 11) is 1.56. The van der Waals surface area contributed by atoms with Gasteiger partial charge in [-0.1, -0.05) is 18.2 Å². The van der Waals surface area contributed by atoms with Crippen LogP contribution < -0.4 is 4.74 Å². The van der Waals surface area contributed by atoms with Crippen LogP contribution in [0, 0.1) is 24.1 Å². The standard InChI is InChI=1S/C16H14FNO/c1-11-9-12(7-8-18)3-5-14(11)15-10-13(19-2)4-6-16(15)17/h3-6,9-10H,7H2,1-2H3. The van der Waals surface area contributed by atoms with Crippen molar-refractivity contribution in [3.63, 3.8) is 0 Å². The molecular formula is C16H14FNO. The summed E-state index contributed by atoms with van der Waals surface area (Å²) in [5, 5.41) is 8.68. The predicted octanol–water partition coefficient (Wildman–Crippen LogP) is 3.88. The lowest BCUT2D eigenvalue weighted by Gasteiger charge is -2.10. The zero-order valence-corrected chi connectivity index (χ0v) is 10.9. The van der Waals surface area contributed by atoms with Gasteiger partial charge in [-0.15, -0.1) is 0 Å². The molecule has 0 N–H and O–H groups in total. The first-order chi connectivity index (χ1) is 9.15. The molecule has 0 unspecified atom stereocenters. The van der Waals surface area contributed by atoms with Gasteiger partial charge in [0.2, 0.25) is 0 Å². The fourth-order valence-electron chi connectivity index (χ4n) is 2.07. The van der Waals surface area contributed by atoms with E-state index in [0.717, 1.165) is 16.7 Å². The van der Waals surface area contributed by atoms with E-state index < -0.39 is 0 Å². The molecule has 0 aliphatic heterocycles. The Labute approximate surface area is 112 Å². The third-order valence-electron chi connectivity index (χ3n) is 3.04. The van der Waals surface area contributed by atoms with Crippen molar-refractivity contribution in [2.45, 2.75) is 13.3 Å². The Morgan fingerprint density at radius 3 is 2.58 bits per heavy atom. The Morgan fingerprint density at radius 2 is 1.95 bits per heavy atom. The Balaban J connectivity index is 2.50. The third-order valence-corrected chi connectivity index (χ3v) is 3.04. The molecule has 0 radical (unpaired) electrons. The Morgan fingerprint density at radius 1 is 1.16 bits per heavy atom. The Hall–Kier alpha value is -2.34. The maximum atomic E-state index is 13.9. The van der Waals surface area contributed by atoms with Crippen molar-refractivity contribution in [3.8, 4) is 22.9 Å². The summed E-state index contributed by atoms with van der Waals surface area (Å²) in [6, 6.07) is 12.4. The first kappa shape index (κ1) is 13.1. The van der Waals surface area contributed by atoms with Gasteiger partial charge in [0.05, 0.1) is 19.6 Å². The Kier molecular flexibility index (Phi) is 3.82. The first-order valence-corrected chi connectivity index (χ1v) is 5.96. The predicted molar refractivity (Wildman–Crippen MR) is 72.4 cm³/mol. The van der Waals surface area contributed by atoms with Crippen LogP contribution >= 0.6 is 0 Å². The van der Waals surface area contributed by atoms with Gasteiger partial charge in [0, 0.05) is 5.56 Å². The van der Waals surface area contributed by atoms with Crippen LogP contribution in [0.2, 0.25) is 0 Å². The van der Waals surface area contributed by atoms with Crippen LogP contribution in [0.1, 0.15) is 11.1 Å². The van der Waals surface area contributed by atoms with Crippen molar-refractivity contribution in [1.29, 1.82) is 5.26 Å². The fourth-order valence-corrected chi connectivity index (χ4v) is 2.07. The lowest BCUT2D eigenvalue weighted by Crippen LogP contribution is -1.92. The van der Waals surface area contributed by atoms with Gasteiger partial charge in [0.15, 0.2) is 0 Å². The maximum Gasteiger partial charge on any atom is 0.131 e. The third kappa shape index (κ3) is 2.74. The highest BCUT2D eigenvalue weighted by atomic mass is 19.1. The van der Waals surface area contributed by atoms with Crippen LogP contribution in [-0.2, 0) is 6.42 Å². The topological polar surface area (TPSA) is 33.0 Å². The number of ether oxygens (including phenoxy) is 1. The number of halogens is 1. The molecular weight excluding hydrogens is 241 g/mol. The van der Waals surface area contributed by atoms with Crippen molar-refractivity contribution in [2.75, 3.05) is 7.11 Å². The number of nitriles is 1. The number of hydrogen-bond acceptors (Lipinski definition) is 2. The number of aryl methyl sites for hydroxylation is 1. The van der Waals surface area contributed by atoms with Gasteiger partial charge in [-0.3, -0.25) is 0 Å². The van der Waals surface area contributed by atoms with E-state index in [-0.39, 0.29) is 5.82 Å². The average Bonchev–Trinajstić information content (AvgIpc) is 2.40. The highest BCUT2D eigenvalue weighted by molar-refractivity contribution is 5.69. The minimum atomic E-state index is -0.281. The van der Waals surface area contributed by atoms with E-state index in [4.69, 9.17) is 10.00 Å². The van der Waals surface area contributed by atoms with Gasteiger partial charge < -0.3 is 4.74 Å². The van der Waals surface area contributed by atoms with Gasteiger partial charge in [-0.05, 0) is 41.8 Å². The minimum Gasteiger partial charge on any atom is -0.497 e. The zero-order chi connectivity index (χ0) is 13.8. The van der Waals surface area contributed by atoms with E-state index in [2.05, 4.69) is 6.07 Å². The number of nitrogens with zero attached hydrogens (tertiary/aromatic N) is 1. The number of hydrogen-bond donors (Lipinski definition) is 0. The lowest BCUT2D eigenvalue weighted by atomic mass is 9.97. The van der Waals surface area contributed by atoms with Crippen molar-refractivity contribution < 1.29 is 9.13 Å². The van der Waals surface area contributed by atoms with Gasteiger partial charge in [0.25, 0.3) is 0 Å². The molecule has 0 spiro atoms. The summed E-state index contributed by atoms with van der Waals surface area (Å²) in [4.78, 5) is 0. The first-order valence-electron chi connectivity index (χ1n) is 5.96. The molecule has 2 aromatic rings. The van der Waals surface area contributed by atoms with Crippen LogP contribution in [-0.4, -0.2) is 7.11 Å². The minimum absolute atomic E-state index is 0.281. The second-order valence-electron chi connectivity index (χ2n) is 4.33. The van der Waals surface area contributed by atoms with Crippen molar-refractivity contribution in [3.05, 3.63) is 53.3 Å². The number of benzene rings is 2. The van der Waals surface area contributed by atoms with Crippen LogP contribution in [0.3, 0.4) is 0 Å². The molecule has 0 atom stereocenters. The molecule has 3 heteroatoms. The van der Waals surface area contributed by atoms with Gasteiger partial charge >= 0.3 is 0 Å². The van der Waals surface area contributed by atoms with Crippen molar-refractivity contribution in [1.82, 2.24) is 0 Å². The SMILES string of the molecule is COc1ccc(F)c(-c2ccc(CC#N)cc2C)c1. The molecule has 0 saturated heterocycles. The molecule has 0 saturated carbocycles. The van der Waals surface area contributed by atoms with Gasteiger partial charge in [0.1, 0.15) is 11.6 Å². The van der Waals surface area contributed by atoms with E-state index in [1.165, 1.54) is 6.07 Å². The maximum absolute atomic E-state index is 13.9. The summed E-state index contributed by atoms with van der Waals surface area (Å²) < 4.78 is 19.0. The van der Waals surface area contributed by atoms with E-state index in [1.54, 1.807) is 19.2 Å². The van der Waals surface area contributed by atoms with Crippen molar-refractivity contribution in [2.24, 2.45) is 0 Å². The molecule has 0 aromatic heterocycles.